The van der Waals surface area contributed by atoms with Crippen molar-refractivity contribution in [2.75, 3.05) is 0 Å². The molecule has 0 spiro atoms. The third kappa shape index (κ3) is 2.88. The van der Waals surface area contributed by atoms with Crippen LogP contribution in [0.3, 0.4) is 0 Å². The van der Waals surface area contributed by atoms with Gasteiger partial charge >= 0.3 is 0 Å². The number of rotatable bonds is 1. The molecule has 1 unspecified atom stereocenters. The first-order chi connectivity index (χ1) is 4.33. The molecular weight excluding hydrogens is 186 g/mol. The van der Waals surface area contributed by atoms with E-state index < -0.39 is 0 Å². The van der Waals surface area contributed by atoms with Crippen LogP contribution in [0.4, 0.5) is 0 Å². The van der Waals surface area contributed by atoms with Crippen LogP contribution in [-0.2, 0) is 6.16 Å². The van der Waals surface area contributed by atoms with E-state index in [-0.39, 0.29) is 12.4 Å². The van der Waals surface area contributed by atoms with Crippen molar-refractivity contribution in [3.63, 3.8) is 0 Å². The molecule has 1 atom stereocenters. The fourth-order valence-corrected chi connectivity index (χ4v) is 1.02. The van der Waals surface area contributed by atoms with E-state index in [0.29, 0.717) is 0 Å². The zero-order valence-electron chi connectivity index (χ0n) is 5.38. The molecule has 0 amide bonds. The van der Waals surface area contributed by atoms with Crippen molar-refractivity contribution >= 4 is 33.2 Å². The van der Waals surface area contributed by atoms with E-state index >= 15 is 0 Å². The first-order valence-corrected chi connectivity index (χ1v) is 3.97. The lowest BCUT2D eigenvalue weighted by Crippen LogP contribution is -1.72. The third-order valence-electron chi connectivity index (χ3n) is 1.15. The van der Waals surface area contributed by atoms with Crippen molar-refractivity contribution in [1.82, 2.24) is 0 Å². The average molecular weight is 195 g/mol. The van der Waals surface area contributed by atoms with Crippen molar-refractivity contribution in [2.45, 2.75) is 6.16 Å². The molecule has 0 heterocycles. The van der Waals surface area contributed by atoms with Gasteiger partial charge in [0.25, 0.3) is 0 Å². The summed E-state index contributed by atoms with van der Waals surface area (Å²) in [6.45, 7) is 0. The van der Waals surface area contributed by atoms with Gasteiger partial charge in [-0.2, -0.15) is 0 Å². The van der Waals surface area contributed by atoms with Gasteiger partial charge in [0.05, 0.1) is 0 Å². The normalized spacial score (nSPS) is 8.60. The van der Waals surface area contributed by atoms with Crippen molar-refractivity contribution in [3.05, 3.63) is 34.9 Å². The van der Waals surface area contributed by atoms with Crippen LogP contribution in [0.1, 0.15) is 5.56 Å². The van der Waals surface area contributed by atoms with Crippen LogP contribution in [0.25, 0.3) is 0 Å². The topological polar surface area (TPSA) is 0 Å². The van der Waals surface area contributed by atoms with Crippen molar-refractivity contribution in [1.29, 1.82) is 0 Å². The van der Waals surface area contributed by atoms with E-state index in [1.54, 1.807) is 0 Å². The van der Waals surface area contributed by atoms with Crippen molar-refractivity contribution in [3.8, 4) is 0 Å². The fraction of sp³-hybridized carbons (Fsp3) is 0.143. The van der Waals surface area contributed by atoms with E-state index in [4.69, 9.17) is 11.6 Å². The summed E-state index contributed by atoms with van der Waals surface area (Å²) in [6, 6.07) is 7.85. The fourth-order valence-electron chi connectivity index (χ4n) is 0.620. The smallest absolute Gasteiger partial charge is 0.0406 e. The Kier molecular flexibility index (Phi) is 5.07. The zero-order valence-corrected chi connectivity index (χ0v) is 8.11. The Bertz CT molecular complexity index is 183. The van der Waals surface area contributed by atoms with E-state index in [0.717, 1.165) is 11.2 Å². The van der Waals surface area contributed by atoms with E-state index in [2.05, 4.69) is 9.24 Å². The molecule has 0 radical (unpaired) electrons. The minimum absolute atomic E-state index is 0. The standard InChI is InChI=1S/C7H8ClP.ClH/c8-7-3-1-6(5-9)2-4-7;/h1-4H,5,9H2;1H. The highest BCUT2D eigenvalue weighted by Gasteiger charge is 1.86. The summed E-state index contributed by atoms with van der Waals surface area (Å²) in [5.41, 5.74) is 1.30. The monoisotopic (exact) mass is 194 g/mol. The summed E-state index contributed by atoms with van der Waals surface area (Å²) in [5.74, 6) is 0. The summed E-state index contributed by atoms with van der Waals surface area (Å²) >= 11 is 5.66. The van der Waals surface area contributed by atoms with E-state index in [9.17, 15) is 0 Å². The molecule has 0 bridgehead atoms. The third-order valence-corrected chi connectivity index (χ3v) is 1.87. The number of halogens is 2. The molecule has 0 saturated carbocycles. The Morgan fingerprint density at radius 1 is 1.20 bits per heavy atom. The summed E-state index contributed by atoms with van der Waals surface area (Å²) in [6.07, 6.45) is 0.997. The van der Waals surface area contributed by atoms with Gasteiger partial charge in [-0.05, 0) is 23.9 Å². The van der Waals surface area contributed by atoms with Gasteiger partial charge in [-0.15, -0.1) is 21.6 Å². The SMILES string of the molecule is Cl.PCc1ccc(Cl)cc1. The maximum Gasteiger partial charge on any atom is 0.0406 e. The predicted molar refractivity (Wildman–Crippen MR) is 52.1 cm³/mol. The molecule has 56 valence electrons. The molecule has 10 heavy (non-hydrogen) atoms. The van der Waals surface area contributed by atoms with Gasteiger partial charge in [-0.25, -0.2) is 0 Å². The second-order valence-electron chi connectivity index (χ2n) is 1.83. The quantitative estimate of drug-likeness (QED) is 0.603. The first kappa shape index (κ1) is 10.2. The molecule has 1 rings (SSSR count). The Labute approximate surface area is 74.6 Å². The molecule has 0 saturated heterocycles. The Balaban J connectivity index is 0.000000810. The Morgan fingerprint density at radius 3 is 2.10 bits per heavy atom. The van der Waals surface area contributed by atoms with E-state index in [1.165, 1.54) is 5.56 Å². The van der Waals surface area contributed by atoms with Gasteiger partial charge in [-0.1, -0.05) is 23.7 Å². The van der Waals surface area contributed by atoms with Gasteiger partial charge in [0.15, 0.2) is 0 Å². The second kappa shape index (κ2) is 4.96. The summed E-state index contributed by atoms with van der Waals surface area (Å²) in [4.78, 5) is 0. The molecule has 3 heteroatoms. The van der Waals surface area contributed by atoms with Crippen LogP contribution < -0.4 is 0 Å². The minimum Gasteiger partial charge on any atom is -0.147 e. The highest BCUT2D eigenvalue weighted by atomic mass is 35.5. The molecule has 0 aliphatic heterocycles. The minimum atomic E-state index is 0. The largest absolute Gasteiger partial charge is 0.147 e. The van der Waals surface area contributed by atoms with Crippen LogP contribution in [-0.4, -0.2) is 0 Å². The van der Waals surface area contributed by atoms with Gasteiger partial charge < -0.3 is 0 Å². The zero-order chi connectivity index (χ0) is 6.69. The van der Waals surface area contributed by atoms with Crippen molar-refractivity contribution in [2.24, 2.45) is 0 Å². The number of hydrogen-bond acceptors (Lipinski definition) is 0. The highest BCUT2D eigenvalue weighted by Crippen LogP contribution is 2.11. The van der Waals surface area contributed by atoms with Crippen LogP contribution in [0.15, 0.2) is 24.3 Å². The van der Waals surface area contributed by atoms with Crippen molar-refractivity contribution < 1.29 is 0 Å². The molecule has 0 aliphatic carbocycles. The lowest BCUT2D eigenvalue weighted by molar-refractivity contribution is 1.42. The lowest BCUT2D eigenvalue weighted by Gasteiger charge is -1.93. The molecule has 0 nitrogen and oxygen atoms in total. The Morgan fingerprint density at radius 2 is 1.70 bits per heavy atom. The average Bonchev–Trinajstić information content (AvgIpc) is 1.90. The second-order valence-corrected chi connectivity index (χ2v) is 2.68. The molecular formula is C7H9Cl2P. The van der Waals surface area contributed by atoms with E-state index in [1.807, 2.05) is 24.3 Å². The maximum absolute atomic E-state index is 5.66. The predicted octanol–water partition coefficient (Wildman–Crippen LogP) is 3.14. The van der Waals surface area contributed by atoms with Gasteiger partial charge in [0.2, 0.25) is 0 Å². The van der Waals surface area contributed by atoms with Crippen LogP contribution in [0.2, 0.25) is 5.02 Å². The molecule has 1 aromatic carbocycles. The maximum atomic E-state index is 5.66. The summed E-state index contributed by atoms with van der Waals surface area (Å²) in [7, 11) is 2.67. The van der Waals surface area contributed by atoms with Gasteiger partial charge in [0.1, 0.15) is 0 Å². The molecule has 0 aliphatic rings. The Hall–Kier alpha value is 0.230. The molecule has 1 aromatic rings. The van der Waals surface area contributed by atoms with Crippen LogP contribution in [0.5, 0.6) is 0 Å². The summed E-state index contributed by atoms with van der Waals surface area (Å²) in [5, 5.41) is 0.803. The highest BCUT2D eigenvalue weighted by molar-refractivity contribution is 7.15. The molecule has 0 fully saturated rings. The number of benzene rings is 1. The first-order valence-electron chi connectivity index (χ1n) is 2.77. The summed E-state index contributed by atoms with van der Waals surface area (Å²) < 4.78 is 0. The molecule has 0 N–H and O–H groups in total. The number of hydrogen-bond donors (Lipinski definition) is 0. The van der Waals surface area contributed by atoms with Crippen LogP contribution in [0, 0.1) is 0 Å². The lowest BCUT2D eigenvalue weighted by atomic mass is 10.2. The molecule has 0 aromatic heterocycles. The van der Waals surface area contributed by atoms with Gasteiger partial charge in [-0.3, -0.25) is 0 Å². The van der Waals surface area contributed by atoms with Crippen LogP contribution >= 0.6 is 33.2 Å². The van der Waals surface area contributed by atoms with Gasteiger partial charge in [0, 0.05) is 5.02 Å².